The molecule has 1 aliphatic heterocycles. The van der Waals surface area contributed by atoms with Crippen molar-refractivity contribution in [2.45, 2.75) is 26.3 Å². The number of nitrogens with zero attached hydrogens (tertiary/aromatic N) is 1. The van der Waals surface area contributed by atoms with Crippen LogP contribution in [0.1, 0.15) is 20.8 Å². The first-order valence-corrected chi connectivity index (χ1v) is 5.21. The van der Waals surface area contributed by atoms with Gasteiger partial charge < -0.3 is 16.0 Å². The van der Waals surface area contributed by atoms with E-state index in [9.17, 15) is 9.59 Å². The second kappa shape index (κ2) is 4.18. The Labute approximate surface area is 90.0 Å². The third kappa shape index (κ3) is 2.12. The predicted octanol–water partition coefficient (Wildman–Crippen LogP) is -0.682. The molecule has 1 fully saturated rings. The Morgan fingerprint density at radius 2 is 2.27 bits per heavy atom. The molecule has 1 heterocycles. The molecule has 3 N–H and O–H groups in total. The lowest BCUT2D eigenvalue weighted by Crippen LogP contribution is -2.64. The highest BCUT2D eigenvalue weighted by Crippen LogP contribution is 2.19. The molecule has 0 aliphatic carbocycles. The topological polar surface area (TPSA) is 75.4 Å². The Morgan fingerprint density at radius 3 is 2.80 bits per heavy atom. The molecule has 0 saturated carbocycles. The Morgan fingerprint density at radius 1 is 1.67 bits per heavy atom. The molecule has 15 heavy (non-hydrogen) atoms. The zero-order valence-corrected chi connectivity index (χ0v) is 9.54. The van der Waals surface area contributed by atoms with E-state index in [0.29, 0.717) is 19.6 Å². The third-order valence-corrected chi connectivity index (χ3v) is 2.89. The number of hydrogen-bond donors (Lipinski definition) is 2. The van der Waals surface area contributed by atoms with Gasteiger partial charge in [0.2, 0.25) is 11.8 Å². The number of rotatable bonds is 2. The van der Waals surface area contributed by atoms with E-state index in [-0.39, 0.29) is 17.7 Å². The highest BCUT2D eigenvalue weighted by molar-refractivity contribution is 5.92. The van der Waals surface area contributed by atoms with Crippen molar-refractivity contribution >= 4 is 11.8 Å². The zero-order chi connectivity index (χ0) is 11.6. The maximum Gasteiger partial charge on any atom is 0.245 e. The van der Waals surface area contributed by atoms with Gasteiger partial charge in [-0.15, -0.1) is 0 Å². The van der Waals surface area contributed by atoms with Crippen molar-refractivity contribution in [1.29, 1.82) is 0 Å². The first-order chi connectivity index (χ1) is 6.91. The van der Waals surface area contributed by atoms with E-state index in [1.165, 1.54) is 0 Å². The lowest BCUT2D eigenvalue weighted by molar-refractivity contribution is -0.151. The van der Waals surface area contributed by atoms with E-state index in [0.717, 1.165) is 0 Å². The summed E-state index contributed by atoms with van der Waals surface area (Å²) in [7, 11) is 0. The third-order valence-electron chi connectivity index (χ3n) is 2.89. The number of amides is 2. The molecule has 1 aliphatic rings. The molecule has 0 spiro atoms. The number of carbonyl (C=O) groups excluding carboxylic acids is 2. The fourth-order valence-electron chi connectivity index (χ4n) is 1.65. The molecular weight excluding hydrogens is 194 g/mol. The van der Waals surface area contributed by atoms with Crippen molar-refractivity contribution in [3.05, 3.63) is 0 Å². The standard InChI is InChI=1S/C10H19N3O2/c1-7(6-11)8(14)13-5-4-12-9(15)10(13,2)3/h7H,4-6,11H2,1-3H3,(H,12,15). The normalized spacial score (nSPS) is 22.1. The second-order valence-corrected chi connectivity index (χ2v) is 4.44. The van der Waals surface area contributed by atoms with Crippen LogP contribution in [0.2, 0.25) is 0 Å². The van der Waals surface area contributed by atoms with Gasteiger partial charge >= 0.3 is 0 Å². The molecule has 1 rings (SSSR count). The molecular formula is C10H19N3O2. The summed E-state index contributed by atoms with van der Waals surface area (Å²) in [6, 6.07) is 0. The fourth-order valence-corrected chi connectivity index (χ4v) is 1.65. The summed E-state index contributed by atoms with van der Waals surface area (Å²) in [5.41, 5.74) is 4.69. The SMILES string of the molecule is CC(CN)C(=O)N1CCNC(=O)C1(C)C. The highest BCUT2D eigenvalue weighted by Gasteiger charge is 2.41. The van der Waals surface area contributed by atoms with E-state index in [4.69, 9.17) is 5.73 Å². The van der Waals surface area contributed by atoms with Gasteiger partial charge in [-0.1, -0.05) is 6.92 Å². The quantitative estimate of drug-likeness (QED) is 0.638. The Bertz CT molecular complexity index is 276. The molecule has 0 aromatic rings. The molecule has 0 bridgehead atoms. The number of nitrogens with one attached hydrogen (secondary N) is 1. The highest BCUT2D eigenvalue weighted by atomic mass is 16.2. The van der Waals surface area contributed by atoms with Crippen LogP contribution in [0.25, 0.3) is 0 Å². The van der Waals surface area contributed by atoms with Crippen LogP contribution in [0.15, 0.2) is 0 Å². The maximum absolute atomic E-state index is 12.0. The van der Waals surface area contributed by atoms with E-state index in [1.54, 1.807) is 25.7 Å². The molecule has 1 saturated heterocycles. The van der Waals surface area contributed by atoms with Crippen molar-refractivity contribution < 1.29 is 9.59 Å². The smallest absolute Gasteiger partial charge is 0.245 e. The van der Waals surface area contributed by atoms with Gasteiger partial charge in [-0.25, -0.2) is 0 Å². The van der Waals surface area contributed by atoms with Gasteiger partial charge in [0, 0.05) is 25.6 Å². The maximum atomic E-state index is 12.0. The Hall–Kier alpha value is -1.10. The van der Waals surface area contributed by atoms with Crippen LogP contribution in [-0.4, -0.2) is 41.9 Å². The molecule has 1 atom stereocenters. The zero-order valence-electron chi connectivity index (χ0n) is 9.54. The van der Waals surface area contributed by atoms with Crippen LogP contribution in [0.3, 0.4) is 0 Å². The molecule has 86 valence electrons. The van der Waals surface area contributed by atoms with Gasteiger partial charge in [0.1, 0.15) is 5.54 Å². The van der Waals surface area contributed by atoms with Crippen LogP contribution in [0.4, 0.5) is 0 Å². The van der Waals surface area contributed by atoms with Gasteiger partial charge in [0.25, 0.3) is 0 Å². The van der Waals surface area contributed by atoms with Gasteiger partial charge in [-0.2, -0.15) is 0 Å². The van der Waals surface area contributed by atoms with E-state index >= 15 is 0 Å². The van der Waals surface area contributed by atoms with Crippen LogP contribution < -0.4 is 11.1 Å². The second-order valence-electron chi connectivity index (χ2n) is 4.44. The number of hydrogen-bond acceptors (Lipinski definition) is 3. The average molecular weight is 213 g/mol. The minimum Gasteiger partial charge on any atom is -0.352 e. The van der Waals surface area contributed by atoms with Crippen LogP contribution in [0, 0.1) is 5.92 Å². The molecule has 5 nitrogen and oxygen atoms in total. The minimum atomic E-state index is -0.765. The van der Waals surface area contributed by atoms with Crippen molar-refractivity contribution in [2.75, 3.05) is 19.6 Å². The number of carbonyl (C=O) groups is 2. The molecule has 2 amide bonds. The Kier molecular flexibility index (Phi) is 3.34. The van der Waals surface area contributed by atoms with Crippen LogP contribution in [-0.2, 0) is 9.59 Å². The lowest BCUT2D eigenvalue weighted by atomic mass is 9.96. The summed E-state index contributed by atoms with van der Waals surface area (Å²) in [5, 5.41) is 2.75. The number of nitrogens with two attached hydrogens (primary N) is 1. The van der Waals surface area contributed by atoms with Gasteiger partial charge in [-0.3, -0.25) is 9.59 Å². The first-order valence-electron chi connectivity index (χ1n) is 5.21. The number of piperazine rings is 1. The van der Waals surface area contributed by atoms with E-state index in [1.807, 2.05) is 0 Å². The minimum absolute atomic E-state index is 0.0441. The largest absolute Gasteiger partial charge is 0.352 e. The fraction of sp³-hybridized carbons (Fsp3) is 0.800. The van der Waals surface area contributed by atoms with Crippen molar-refractivity contribution in [2.24, 2.45) is 11.7 Å². The van der Waals surface area contributed by atoms with E-state index in [2.05, 4.69) is 5.32 Å². The molecule has 0 radical (unpaired) electrons. The lowest BCUT2D eigenvalue weighted by Gasteiger charge is -2.42. The molecule has 1 unspecified atom stereocenters. The predicted molar refractivity (Wildman–Crippen MR) is 57.0 cm³/mol. The Balaban J connectivity index is 2.84. The van der Waals surface area contributed by atoms with Crippen molar-refractivity contribution in [3.8, 4) is 0 Å². The molecule has 0 aromatic heterocycles. The monoisotopic (exact) mass is 213 g/mol. The van der Waals surface area contributed by atoms with Gasteiger partial charge in [0.15, 0.2) is 0 Å². The van der Waals surface area contributed by atoms with Crippen molar-refractivity contribution in [3.63, 3.8) is 0 Å². The molecule has 0 aromatic carbocycles. The summed E-state index contributed by atoms with van der Waals surface area (Å²) in [4.78, 5) is 25.2. The van der Waals surface area contributed by atoms with Gasteiger partial charge in [0.05, 0.1) is 0 Å². The summed E-state index contributed by atoms with van der Waals surface area (Å²) in [6.45, 7) is 6.68. The molecule has 5 heteroatoms. The van der Waals surface area contributed by atoms with Gasteiger partial charge in [-0.05, 0) is 13.8 Å². The van der Waals surface area contributed by atoms with Crippen LogP contribution in [0.5, 0.6) is 0 Å². The summed E-state index contributed by atoms with van der Waals surface area (Å²) < 4.78 is 0. The summed E-state index contributed by atoms with van der Waals surface area (Å²) in [6.07, 6.45) is 0. The van der Waals surface area contributed by atoms with E-state index < -0.39 is 5.54 Å². The average Bonchev–Trinajstić information content (AvgIpc) is 2.20. The van der Waals surface area contributed by atoms with Crippen molar-refractivity contribution in [1.82, 2.24) is 10.2 Å². The summed E-state index contributed by atoms with van der Waals surface area (Å²) in [5.74, 6) is -0.376. The first kappa shape index (κ1) is 12.0. The van der Waals surface area contributed by atoms with Crippen LogP contribution >= 0.6 is 0 Å². The summed E-state index contributed by atoms with van der Waals surface area (Å²) >= 11 is 0.